The monoisotopic (exact) mass is 217 g/mol. The van der Waals surface area contributed by atoms with Crippen LogP contribution in [0.15, 0.2) is 0 Å². The van der Waals surface area contributed by atoms with Crippen LogP contribution in [0.2, 0.25) is 0 Å². The first-order valence-corrected chi connectivity index (χ1v) is 4.58. The van der Waals surface area contributed by atoms with Crippen LogP contribution in [0.4, 0.5) is 17.3 Å². The molecule has 0 amide bonds. The second-order valence-corrected chi connectivity index (χ2v) is 3.72. The Morgan fingerprint density at radius 2 is 1.50 bits per heavy atom. The van der Waals surface area contributed by atoms with Gasteiger partial charge in [-0.15, -0.1) is 0 Å². The molecule has 1 fully saturated rings. The molecule has 1 N–H and O–H groups in total. The third-order valence-electron chi connectivity index (χ3n) is 2.29. The summed E-state index contributed by atoms with van der Waals surface area (Å²) in [6.45, 7) is 3.82. The summed E-state index contributed by atoms with van der Waals surface area (Å²) in [6, 6.07) is 0. The number of likely N-dealkylation sites (tertiary alicyclic amines) is 1. The van der Waals surface area contributed by atoms with E-state index in [4.69, 9.17) is 5.11 Å². The van der Waals surface area contributed by atoms with Crippen molar-refractivity contribution in [2.24, 2.45) is 0 Å². The Hall–Kier alpha value is -0.295. The van der Waals surface area contributed by atoms with E-state index in [0.29, 0.717) is 6.61 Å². The maximum atomic E-state index is 9.75. The average molecular weight is 217 g/mol. The van der Waals surface area contributed by atoms with Crippen molar-refractivity contribution in [3.63, 3.8) is 0 Å². The van der Waals surface area contributed by atoms with Gasteiger partial charge in [-0.2, -0.15) is 0 Å². The fourth-order valence-corrected chi connectivity index (χ4v) is 1.56. The van der Waals surface area contributed by atoms with E-state index in [1.807, 2.05) is 0 Å². The van der Waals surface area contributed by atoms with Crippen LogP contribution in [-0.4, -0.2) is 50.1 Å². The van der Waals surface area contributed by atoms with Gasteiger partial charge in [0, 0.05) is 12.8 Å². The molecule has 2 nitrogen and oxygen atoms in total. The van der Waals surface area contributed by atoms with Crippen molar-refractivity contribution in [1.82, 2.24) is 0 Å². The molecule has 0 aromatic heterocycles. The molecule has 0 atom stereocenters. The molecule has 0 aromatic rings. The number of aliphatic hydroxyl groups excluding tert-OH is 1. The zero-order chi connectivity index (χ0) is 11.2. The molecule has 0 aromatic carbocycles. The highest BCUT2D eigenvalue weighted by atomic mass is 19.5. The summed E-state index contributed by atoms with van der Waals surface area (Å²) in [5, 5.41) is 8.68. The highest BCUT2D eigenvalue weighted by Crippen LogP contribution is 2.14. The zero-order valence-electron chi connectivity index (χ0n) is 8.23. The van der Waals surface area contributed by atoms with Crippen LogP contribution in [0.25, 0.3) is 0 Å². The standard InChI is InChI=1S/C7H16NO.BF4/c1-8(6-7-9)4-2-3-5-8;2-1(3,4)5/h9H,2-7H2,1H3;/q+1;-1. The molecule has 0 radical (unpaired) electrons. The number of aliphatic hydroxyl groups is 1. The van der Waals surface area contributed by atoms with Gasteiger partial charge in [0.05, 0.1) is 26.7 Å². The van der Waals surface area contributed by atoms with E-state index in [-0.39, 0.29) is 0 Å². The van der Waals surface area contributed by atoms with E-state index in [1.165, 1.54) is 25.9 Å². The number of nitrogens with zero attached hydrogens (tertiary/aromatic N) is 1. The molecule has 86 valence electrons. The Labute approximate surface area is 81.2 Å². The second-order valence-electron chi connectivity index (χ2n) is 3.72. The molecule has 1 rings (SSSR count). The third kappa shape index (κ3) is 8.31. The molecule has 14 heavy (non-hydrogen) atoms. The lowest BCUT2D eigenvalue weighted by atomic mass is 10.3. The molecule has 0 unspecified atom stereocenters. The van der Waals surface area contributed by atoms with Crippen molar-refractivity contribution in [1.29, 1.82) is 0 Å². The number of likely N-dealkylation sites (N-methyl/N-ethyl adjacent to an activating group) is 1. The SMILES string of the molecule is C[N+]1(CCO)CCCC1.F[B-](F)(F)F. The lowest BCUT2D eigenvalue weighted by molar-refractivity contribution is -0.897. The van der Waals surface area contributed by atoms with Crippen LogP contribution in [0.1, 0.15) is 12.8 Å². The van der Waals surface area contributed by atoms with E-state index in [9.17, 15) is 17.3 Å². The summed E-state index contributed by atoms with van der Waals surface area (Å²) in [7, 11) is -3.77. The van der Waals surface area contributed by atoms with Crippen LogP contribution in [0.5, 0.6) is 0 Å². The molecule has 0 spiro atoms. The van der Waals surface area contributed by atoms with E-state index < -0.39 is 7.25 Å². The quantitative estimate of drug-likeness (QED) is 0.422. The molecule has 0 saturated carbocycles. The van der Waals surface area contributed by atoms with E-state index >= 15 is 0 Å². The summed E-state index contributed by atoms with van der Waals surface area (Å²) < 4.78 is 40.1. The first-order valence-electron chi connectivity index (χ1n) is 4.58. The fraction of sp³-hybridized carbons (Fsp3) is 1.00. The number of hydrogen-bond donors (Lipinski definition) is 1. The summed E-state index contributed by atoms with van der Waals surface area (Å²) in [6.07, 6.45) is 2.69. The zero-order valence-corrected chi connectivity index (χ0v) is 8.23. The summed E-state index contributed by atoms with van der Waals surface area (Å²) >= 11 is 0. The van der Waals surface area contributed by atoms with Crippen LogP contribution in [-0.2, 0) is 0 Å². The van der Waals surface area contributed by atoms with Gasteiger partial charge in [0.15, 0.2) is 0 Å². The molecule has 1 heterocycles. The van der Waals surface area contributed by atoms with E-state index in [1.54, 1.807) is 0 Å². The first kappa shape index (κ1) is 13.7. The Balaban J connectivity index is 0.000000292. The largest absolute Gasteiger partial charge is 0.673 e. The normalized spacial score (nSPS) is 20.1. The molecule has 1 aliphatic heterocycles. The van der Waals surface area contributed by atoms with Gasteiger partial charge in [0.25, 0.3) is 0 Å². The predicted molar refractivity (Wildman–Crippen MR) is 47.3 cm³/mol. The van der Waals surface area contributed by atoms with Gasteiger partial charge >= 0.3 is 7.25 Å². The van der Waals surface area contributed by atoms with Crippen molar-refractivity contribution in [2.75, 3.05) is 33.3 Å². The minimum Gasteiger partial charge on any atom is -0.418 e. The molecule has 7 heteroatoms. The molecular weight excluding hydrogens is 201 g/mol. The van der Waals surface area contributed by atoms with Gasteiger partial charge in [0.2, 0.25) is 0 Å². The number of quaternary nitrogens is 1. The summed E-state index contributed by atoms with van der Waals surface area (Å²) in [5.41, 5.74) is 0. The maximum absolute atomic E-state index is 9.75. The first-order chi connectivity index (χ1) is 6.27. The Bertz CT molecular complexity index is 152. The van der Waals surface area contributed by atoms with Crippen LogP contribution in [0, 0.1) is 0 Å². The predicted octanol–water partition coefficient (Wildman–Crippen LogP) is 1.52. The molecular formula is C7H16BF4NO. The van der Waals surface area contributed by atoms with Crippen molar-refractivity contribution in [3.05, 3.63) is 0 Å². The number of hydrogen-bond acceptors (Lipinski definition) is 1. The summed E-state index contributed by atoms with van der Waals surface area (Å²) in [5.74, 6) is 0. The van der Waals surface area contributed by atoms with E-state index in [0.717, 1.165) is 11.0 Å². The van der Waals surface area contributed by atoms with Gasteiger partial charge in [-0.1, -0.05) is 0 Å². The topological polar surface area (TPSA) is 20.2 Å². The Morgan fingerprint density at radius 3 is 1.79 bits per heavy atom. The molecule has 0 bridgehead atoms. The Kier molecular flexibility index (Phi) is 5.44. The minimum atomic E-state index is -6.00. The molecule has 1 saturated heterocycles. The summed E-state index contributed by atoms with van der Waals surface area (Å²) in [4.78, 5) is 0. The molecule has 1 aliphatic rings. The second kappa shape index (κ2) is 5.55. The van der Waals surface area contributed by atoms with E-state index in [2.05, 4.69) is 7.05 Å². The maximum Gasteiger partial charge on any atom is 0.673 e. The average Bonchev–Trinajstić information content (AvgIpc) is 2.33. The lowest BCUT2D eigenvalue weighted by Gasteiger charge is -2.27. The van der Waals surface area contributed by atoms with Gasteiger partial charge in [-0.05, 0) is 0 Å². The smallest absolute Gasteiger partial charge is 0.418 e. The van der Waals surface area contributed by atoms with Crippen LogP contribution < -0.4 is 0 Å². The minimum absolute atomic E-state index is 0.344. The van der Waals surface area contributed by atoms with Gasteiger partial charge in [-0.25, -0.2) is 0 Å². The highest BCUT2D eigenvalue weighted by Gasteiger charge is 2.25. The highest BCUT2D eigenvalue weighted by molar-refractivity contribution is 6.50. The number of halogens is 4. The van der Waals surface area contributed by atoms with Crippen LogP contribution >= 0.6 is 0 Å². The van der Waals surface area contributed by atoms with Gasteiger partial charge in [-0.3, -0.25) is 0 Å². The van der Waals surface area contributed by atoms with Crippen LogP contribution in [0.3, 0.4) is 0 Å². The Morgan fingerprint density at radius 1 is 1.14 bits per heavy atom. The third-order valence-corrected chi connectivity index (χ3v) is 2.29. The van der Waals surface area contributed by atoms with Crippen molar-refractivity contribution in [3.8, 4) is 0 Å². The van der Waals surface area contributed by atoms with Crippen molar-refractivity contribution in [2.45, 2.75) is 12.8 Å². The van der Waals surface area contributed by atoms with Gasteiger partial charge in [0.1, 0.15) is 6.54 Å². The fourth-order valence-electron chi connectivity index (χ4n) is 1.56. The number of rotatable bonds is 2. The van der Waals surface area contributed by atoms with Crippen molar-refractivity contribution < 1.29 is 26.9 Å². The molecule has 0 aliphatic carbocycles. The lowest BCUT2D eigenvalue weighted by Crippen LogP contribution is -2.42. The van der Waals surface area contributed by atoms with Gasteiger partial charge < -0.3 is 26.9 Å². The van der Waals surface area contributed by atoms with Crippen molar-refractivity contribution >= 4 is 7.25 Å².